The number of nitrogens with zero attached hydrogens (tertiary/aromatic N) is 1. The van der Waals surface area contributed by atoms with Crippen molar-refractivity contribution < 1.29 is 9.18 Å². The molecule has 1 aliphatic rings. The van der Waals surface area contributed by atoms with Gasteiger partial charge in [0.15, 0.2) is 0 Å². The second-order valence-electron chi connectivity index (χ2n) is 4.04. The molecular formula is C12H15BrClFN2O. The van der Waals surface area contributed by atoms with Crippen molar-refractivity contribution in [2.45, 2.75) is 6.42 Å². The van der Waals surface area contributed by atoms with Crippen molar-refractivity contribution in [2.75, 3.05) is 26.2 Å². The summed E-state index contributed by atoms with van der Waals surface area (Å²) in [5.41, 5.74) is 0.829. The highest BCUT2D eigenvalue weighted by Crippen LogP contribution is 2.19. The van der Waals surface area contributed by atoms with Crippen LogP contribution in [0.3, 0.4) is 0 Å². The molecule has 18 heavy (non-hydrogen) atoms. The molecule has 0 saturated carbocycles. The predicted octanol–water partition coefficient (Wildman–Crippen LogP) is 1.98. The number of carbonyl (C=O) groups excluding carboxylic acids is 1. The third-order valence-electron chi connectivity index (χ3n) is 2.83. The van der Waals surface area contributed by atoms with Crippen LogP contribution in [-0.4, -0.2) is 37.0 Å². The van der Waals surface area contributed by atoms with Gasteiger partial charge in [0.25, 0.3) is 0 Å². The first-order valence-electron chi connectivity index (χ1n) is 5.59. The third kappa shape index (κ3) is 3.93. The molecule has 1 heterocycles. The second kappa shape index (κ2) is 7.07. The Balaban J connectivity index is 0.00000162. The highest BCUT2D eigenvalue weighted by atomic mass is 79.9. The van der Waals surface area contributed by atoms with Crippen LogP contribution >= 0.6 is 28.3 Å². The summed E-state index contributed by atoms with van der Waals surface area (Å²) in [7, 11) is 0. The van der Waals surface area contributed by atoms with Crippen molar-refractivity contribution in [1.82, 2.24) is 10.2 Å². The minimum atomic E-state index is -0.296. The summed E-state index contributed by atoms with van der Waals surface area (Å²) in [6.45, 7) is 3.18. The predicted molar refractivity (Wildman–Crippen MR) is 74.5 cm³/mol. The fraction of sp³-hybridized carbons (Fsp3) is 0.417. The van der Waals surface area contributed by atoms with Gasteiger partial charge in [-0.25, -0.2) is 4.39 Å². The van der Waals surface area contributed by atoms with Crippen LogP contribution in [0.1, 0.15) is 5.56 Å². The van der Waals surface area contributed by atoms with E-state index in [0.717, 1.165) is 31.7 Å². The smallest absolute Gasteiger partial charge is 0.227 e. The normalized spacial score (nSPS) is 15.1. The van der Waals surface area contributed by atoms with E-state index in [4.69, 9.17) is 0 Å². The molecule has 0 aromatic heterocycles. The molecule has 0 spiro atoms. The Morgan fingerprint density at radius 2 is 2.06 bits per heavy atom. The van der Waals surface area contributed by atoms with Gasteiger partial charge in [-0.3, -0.25) is 4.79 Å². The van der Waals surface area contributed by atoms with Gasteiger partial charge in [0, 0.05) is 30.7 Å². The van der Waals surface area contributed by atoms with Crippen LogP contribution in [0.25, 0.3) is 0 Å². The van der Waals surface area contributed by atoms with Crippen molar-refractivity contribution >= 4 is 34.2 Å². The zero-order chi connectivity index (χ0) is 12.3. The molecule has 1 amide bonds. The molecule has 1 saturated heterocycles. The number of amides is 1. The summed E-state index contributed by atoms with van der Waals surface area (Å²) in [5.74, 6) is -0.200. The Kier molecular flexibility index (Phi) is 6.05. The van der Waals surface area contributed by atoms with Gasteiger partial charge in [-0.15, -0.1) is 12.4 Å². The molecule has 1 aromatic rings. The highest BCUT2D eigenvalue weighted by Gasteiger charge is 2.17. The maximum atomic E-state index is 12.9. The van der Waals surface area contributed by atoms with Gasteiger partial charge in [0.05, 0.1) is 6.42 Å². The van der Waals surface area contributed by atoms with E-state index >= 15 is 0 Å². The quantitative estimate of drug-likeness (QED) is 0.895. The average molecular weight is 338 g/mol. The van der Waals surface area contributed by atoms with E-state index in [2.05, 4.69) is 21.2 Å². The Bertz CT molecular complexity index is 425. The van der Waals surface area contributed by atoms with E-state index in [9.17, 15) is 9.18 Å². The van der Waals surface area contributed by atoms with Crippen molar-refractivity contribution in [3.8, 4) is 0 Å². The molecule has 0 aliphatic carbocycles. The number of nitrogens with one attached hydrogen (secondary N) is 1. The van der Waals surface area contributed by atoms with Crippen LogP contribution in [-0.2, 0) is 11.2 Å². The van der Waals surface area contributed by atoms with E-state index in [1.54, 1.807) is 6.07 Å². The molecule has 1 N–H and O–H groups in total. The van der Waals surface area contributed by atoms with Crippen LogP contribution in [0.2, 0.25) is 0 Å². The molecule has 0 bridgehead atoms. The fourth-order valence-electron chi connectivity index (χ4n) is 1.85. The minimum Gasteiger partial charge on any atom is -0.340 e. The molecule has 1 aromatic carbocycles. The van der Waals surface area contributed by atoms with E-state index in [-0.39, 0.29) is 24.1 Å². The number of hydrogen-bond donors (Lipinski definition) is 1. The molecule has 0 atom stereocenters. The lowest BCUT2D eigenvalue weighted by atomic mass is 10.1. The highest BCUT2D eigenvalue weighted by molar-refractivity contribution is 9.10. The first-order valence-corrected chi connectivity index (χ1v) is 6.38. The zero-order valence-corrected chi connectivity index (χ0v) is 12.2. The largest absolute Gasteiger partial charge is 0.340 e. The van der Waals surface area contributed by atoms with Crippen molar-refractivity contribution in [3.05, 3.63) is 34.1 Å². The van der Waals surface area contributed by atoms with Crippen LogP contribution in [0.15, 0.2) is 22.7 Å². The molecule has 100 valence electrons. The van der Waals surface area contributed by atoms with Gasteiger partial charge in [-0.1, -0.05) is 22.0 Å². The van der Waals surface area contributed by atoms with Crippen molar-refractivity contribution in [2.24, 2.45) is 0 Å². The standard InChI is InChI=1S/C12H14BrFN2O.ClH/c13-11-8-10(14)2-1-9(11)7-12(17)16-5-3-15-4-6-16;/h1-2,8,15H,3-7H2;1H. The molecule has 6 heteroatoms. The van der Waals surface area contributed by atoms with Crippen LogP contribution in [0, 0.1) is 5.82 Å². The molecule has 1 aliphatic heterocycles. The van der Waals surface area contributed by atoms with Gasteiger partial charge >= 0.3 is 0 Å². The van der Waals surface area contributed by atoms with Crippen LogP contribution in [0.4, 0.5) is 4.39 Å². The molecule has 0 unspecified atom stereocenters. The Morgan fingerprint density at radius 1 is 1.39 bits per heavy atom. The summed E-state index contributed by atoms with van der Waals surface area (Å²) >= 11 is 3.28. The topological polar surface area (TPSA) is 32.3 Å². The number of hydrogen-bond acceptors (Lipinski definition) is 2. The number of rotatable bonds is 2. The summed E-state index contributed by atoms with van der Waals surface area (Å²) in [6, 6.07) is 4.42. The Morgan fingerprint density at radius 3 is 2.67 bits per heavy atom. The average Bonchev–Trinajstić information content (AvgIpc) is 2.34. The number of piperazine rings is 1. The minimum absolute atomic E-state index is 0. The fourth-order valence-corrected chi connectivity index (χ4v) is 2.35. The van der Waals surface area contributed by atoms with E-state index in [1.807, 2.05) is 4.90 Å². The molecule has 1 fully saturated rings. The number of benzene rings is 1. The maximum absolute atomic E-state index is 12.9. The van der Waals surface area contributed by atoms with E-state index in [0.29, 0.717) is 10.9 Å². The molecule has 0 radical (unpaired) electrons. The molecule has 3 nitrogen and oxygen atoms in total. The monoisotopic (exact) mass is 336 g/mol. The lowest BCUT2D eigenvalue weighted by Gasteiger charge is -2.27. The van der Waals surface area contributed by atoms with Gasteiger partial charge in [-0.05, 0) is 17.7 Å². The third-order valence-corrected chi connectivity index (χ3v) is 3.56. The van der Waals surface area contributed by atoms with Crippen LogP contribution < -0.4 is 5.32 Å². The summed E-state index contributed by atoms with van der Waals surface area (Å²) in [5, 5.41) is 3.20. The van der Waals surface area contributed by atoms with E-state index < -0.39 is 0 Å². The molecular weight excluding hydrogens is 323 g/mol. The second-order valence-corrected chi connectivity index (χ2v) is 4.90. The van der Waals surface area contributed by atoms with Gasteiger partial charge in [-0.2, -0.15) is 0 Å². The SMILES string of the molecule is Cl.O=C(Cc1ccc(F)cc1Br)N1CCNCC1. The number of carbonyl (C=O) groups is 1. The lowest BCUT2D eigenvalue weighted by molar-refractivity contribution is -0.131. The van der Waals surface area contributed by atoms with Gasteiger partial charge < -0.3 is 10.2 Å². The summed E-state index contributed by atoms with van der Waals surface area (Å²) in [6.07, 6.45) is 0.320. The van der Waals surface area contributed by atoms with E-state index in [1.165, 1.54) is 12.1 Å². The molecule has 2 rings (SSSR count). The lowest BCUT2D eigenvalue weighted by Crippen LogP contribution is -2.46. The van der Waals surface area contributed by atoms with Crippen molar-refractivity contribution in [3.63, 3.8) is 0 Å². The van der Waals surface area contributed by atoms with Crippen molar-refractivity contribution in [1.29, 1.82) is 0 Å². The van der Waals surface area contributed by atoms with Gasteiger partial charge in [0.1, 0.15) is 5.82 Å². The van der Waals surface area contributed by atoms with Crippen LogP contribution in [0.5, 0.6) is 0 Å². The zero-order valence-electron chi connectivity index (χ0n) is 9.79. The Hall–Kier alpha value is -0.650. The van der Waals surface area contributed by atoms with Gasteiger partial charge in [0.2, 0.25) is 5.91 Å². The summed E-state index contributed by atoms with van der Waals surface area (Å²) in [4.78, 5) is 13.8. The first kappa shape index (κ1) is 15.4. The first-order chi connectivity index (χ1) is 8.16. The summed E-state index contributed by atoms with van der Waals surface area (Å²) < 4.78 is 13.6. The Labute approximate surface area is 120 Å². The maximum Gasteiger partial charge on any atom is 0.227 e. The number of halogens is 3.